The monoisotopic (exact) mass is 405 g/mol. The van der Waals surface area contributed by atoms with Gasteiger partial charge in [-0.05, 0) is 40.7 Å². The lowest BCUT2D eigenvalue weighted by Crippen LogP contribution is -2.55. The Morgan fingerprint density at radius 2 is 1.25 bits per heavy atom. The number of nitrogens with one attached hydrogen (secondary N) is 3. The molecule has 2 unspecified atom stereocenters. The lowest BCUT2D eigenvalue weighted by molar-refractivity contribution is -0.146. The van der Waals surface area contributed by atoms with Crippen LogP contribution in [0.3, 0.4) is 0 Å². The van der Waals surface area contributed by atoms with Crippen LogP contribution in [0.25, 0.3) is 0 Å². The minimum atomic E-state index is -1.25. The van der Waals surface area contributed by atoms with Crippen molar-refractivity contribution in [3.05, 3.63) is 0 Å². The molecule has 11 heteroatoms. The van der Waals surface area contributed by atoms with E-state index in [4.69, 9.17) is 20.4 Å². The van der Waals surface area contributed by atoms with Crippen LogP contribution in [0.5, 0.6) is 0 Å². The van der Waals surface area contributed by atoms with Crippen molar-refractivity contribution in [2.24, 2.45) is 0 Å². The lowest BCUT2D eigenvalue weighted by atomic mass is 9.97. The Labute approximate surface area is 163 Å². The minimum absolute atomic E-state index is 0.196. The Kier molecular flexibility index (Phi) is 10.1. The number of aliphatic carboxylic acids is 4. The Hall–Kier alpha value is -2.24. The maximum atomic E-state index is 11.2. The first-order valence-corrected chi connectivity index (χ1v) is 8.80. The molecule has 0 aliphatic heterocycles. The van der Waals surface area contributed by atoms with E-state index in [9.17, 15) is 19.2 Å². The van der Waals surface area contributed by atoms with Crippen LogP contribution in [-0.4, -0.2) is 80.6 Å². The van der Waals surface area contributed by atoms with E-state index >= 15 is 0 Å². The van der Waals surface area contributed by atoms with Crippen LogP contribution in [0.4, 0.5) is 0 Å². The first-order chi connectivity index (χ1) is 12.6. The summed E-state index contributed by atoms with van der Waals surface area (Å²) in [5, 5.41) is 44.5. The summed E-state index contributed by atoms with van der Waals surface area (Å²) in [5.74, 6) is -4.92. The van der Waals surface area contributed by atoms with E-state index < -0.39 is 59.9 Å². The van der Waals surface area contributed by atoms with E-state index in [1.54, 1.807) is 13.8 Å². The molecule has 11 nitrogen and oxygen atoms in total. The van der Waals surface area contributed by atoms with Crippen LogP contribution >= 0.6 is 0 Å². The van der Waals surface area contributed by atoms with E-state index in [1.807, 2.05) is 13.8 Å². The Balaban J connectivity index is 4.60. The fraction of sp³-hybridized carbons (Fsp3) is 0.765. The number of carboxylic acids is 4. The Bertz CT molecular complexity index is 577. The predicted molar refractivity (Wildman–Crippen MR) is 99.3 cm³/mol. The summed E-state index contributed by atoms with van der Waals surface area (Å²) >= 11 is 0. The molecular weight excluding hydrogens is 374 g/mol. The molecule has 0 saturated heterocycles. The van der Waals surface area contributed by atoms with Gasteiger partial charge in [0.15, 0.2) is 0 Å². The number of hydrogen-bond donors (Lipinski definition) is 7. The highest BCUT2D eigenvalue weighted by atomic mass is 16.4. The van der Waals surface area contributed by atoms with Gasteiger partial charge in [0.25, 0.3) is 0 Å². The molecule has 0 spiro atoms. The molecule has 162 valence electrons. The molecule has 0 aromatic carbocycles. The van der Waals surface area contributed by atoms with Gasteiger partial charge in [-0.25, -0.2) is 0 Å². The Morgan fingerprint density at radius 1 is 0.786 bits per heavy atom. The van der Waals surface area contributed by atoms with Gasteiger partial charge < -0.3 is 31.1 Å². The van der Waals surface area contributed by atoms with Crippen molar-refractivity contribution in [2.75, 3.05) is 13.1 Å². The molecule has 28 heavy (non-hydrogen) atoms. The average Bonchev–Trinajstić information content (AvgIpc) is 2.48. The number of rotatable bonds is 15. The van der Waals surface area contributed by atoms with Crippen molar-refractivity contribution in [3.63, 3.8) is 0 Å². The van der Waals surface area contributed by atoms with Crippen molar-refractivity contribution in [1.29, 1.82) is 0 Å². The van der Waals surface area contributed by atoms with Gasteiger partial charge in [0, 0.05) is 17.6 Å². The topological polar surface area (TPSA) is 185 Å². The van der Waals surface area contributed by atoms with Crippen LogP contribution in [0, 0.1) is 0 Å². The van der Waals surface area contributed by atoms with Crippen LogP contribution in [-0.2, 0) is 19.2 Å². The van der Waals surface area contributed by atoms with E-state index in [0.717, 1.165) is 0 Å². The van der Waals surface area contributed by atoms with Gasteiger partial charge in [0.05, 0.1) is 12.8 Å². The number of hydrogen-bond acceptors (Lipinski definition) is 7. The van der Waals surface area contributed by atoms with Gasteiger partial charge in [-0.2, -0.15) is 0 Å². The summed E-state index contributed by atoms with van der Waals surface area (Å²) in [6, 6.07) is -2.42. The summed E-state index contributed by atoms with van der Waals surface area (Å²) < 4.78 is 0. The predicted octanol–water partition coefficient (Wildman–Crippen LogP) is -0.442. The van der Waals surface area contributed by atoms with Gasteiger partial charge in [-0.15, -0.1) is 0 Å². The molecule has 0 aromatic rings. The third-order valence-electron chi connectivity index (χ3n) is 4.06. The fourth-order valence-corrected chi connectivity index (χ4v) is 2.49. The van der Waals surface area contributed by atoms with Gasteiger partial charge >= 0.3 is 23.9 Å². The fourth-order valence-electron chi connectivity index (χ4n) is 2.49. The standard InChI is InChI=1S/C17H31N3O8/c1-16(2,20-11(15(27)28)8-13(23)24)5-6-19-17(3,4)9-18-10(14(25)26)7-12(21)22/h10-11,18-20H,5-9H2,1-4H3,(H,21,22)(H,23,24)(H,25,26)(H,27,28). The first-order valence-electron chi connectivity index (χ1n) is 8.80. The molecular formula is C17H31N3O8. The van der Waals surface area contributed by atoms with Crippen molar-refractivity contribution in [1.82, 2.24) is 16.0 Å². The number of carboxylic acid groups (broad SMARTS) is 4. The zero-order valence-electron chi connectivity index (χ0n) is 16.6. The molecule has 0 aromatic heterocycles. The highest BCUT2D eigenvalue weighted by Gasteiger charge is 2.29. The largest absolute Gasteiger partial charge is 0.481 e. The first kappa shape index (κ1) is 25.8. The third kappa shape index (κ3) is 11.5. The van der Waals surface area contributed by atoms with Crippen LogP contribution in [0.15, 0.2) is 0 Å². The van der Waals surface area contributed by atoms with Crippen molar-refractivity contribution in [3.8, 4) is 0 Å². The molecule has 0 radical (unpaired) electrons. The van der Waals surface area contributed by atoms with Crippen molar-refractivity contribution in [2.45, 2.75) is 70.1 Å². The van der Waals surface area contributed by atoms with E-state index in [2.05, 4.69) is 16.0 Å². The average molecular weight is 405 g/mol. The second-order valence-electron chi connectivity index (χ2n) is 7.95. The summed E-state index contributed by atoms with van der Waals surface area (Å²) in [7, 11) is 0. The quantitative estimate of drug-likeness (QED) is 0.187. The summed E-state index contributed by atoms with van der Waals surface area (Å²) in [5.41, 5.74) is -1.22. The van der Waals surface area contributed by atoms with Gasteiger partial charge in [0.1, 0.15) is 12.1 Å². The molecule has 0 heterocycles. The van der Waals surface area contributed by atoms with Crippen LogP contribution < -0.4 is 16.0 Å². The molecule has 7 N–H and O–H groups in total. The second kappa shape index (κ2) is 10.9. The molecule has 0 rings (SSSR count). The van der Waals surface area contributed by atoms with Gasteiger partial charge in [-0.3, -0.25) is 24.5 Å². The Morgan fingerprint density at radius 3 is 1.68 bits per heavy atom. The minimum Gasteiger partial charge on any atom is -0.481 e. The zero-order chi connectivity index (χ0) is 22.1. The lowest BCUT2D eigenvalue weighted by Gasteiger charge is -2.33. The maximum absolute atomic E-state index is 11.2. The van der Waals surface area contributed by atoms with Crippen LogP contribution in [0.2, 0.25) is 0 Å². The normalized spacial score (nSPS) is 14.3. The highest BCUT2D eigenvalue weighted by molar-refractivity contribution is 5.81. The van der Waals surface area contributed by atoms with E-state index in [0.29, 0.717) is 13.0 Å². The van der Waals surface area contributed by atoms with Crippen LogP contribution in [0.1, 0.15) is 47.0 Å². The smallest absolute Gasteiger partial charge is 0.321 e. The maximum Gasteiger partial charge on any atom is 0.321 e. The molecule has 2 atom stereocenters. The van der Waals surface area contributed by atoms with E-state index in [-0.39, 0.29) is 6.54 Å². The molecule has 0 fully saturated rings. The summed E-state index contributed by atoms with van der Waals surface area (Å²) in [6.07, 6.45) is -0.610. The third-order valence-corrected chi connectivity index (χ3v) is 4.06. The zero-order valence-corrected chi connectivity index (χ0v) is 16.6. The number of carbonyl (C=O) groups is 4. The second-order valence-corrected chi connectivity index (χ2v) is 7.95. The van der Waals surface area contributed by atoms with Gasteiger partial charge in [-0.1, -0.05) is 0 Å². The molecule has 0 bridgehead atoms. The molecule has 0 aliphatic carbocycles. The highest BCUT2D eigenvalue weighted by Crippen LogP contribution is 2.12. The van der Waals surface area contributed by atoms with Crippen molar-refractivity contribution >= 4 is 23.9 Å². The van der Waals surface area contributed by atoms with E-state index in [1.165, 1.54) is 0 Å². The molecule has 0 amide bonds. The van der Waals surface area contributed by atoms with Crippen molar-refractivity contribution < 1.29 is 39.6 Å². The SMILES string of the molecule is CC(C)(CNC(CC(=O)O)C(=O)O)NCCC(C)(C)NC(CC(=O)O)C(=O)O. The summed E-state index contributed by atoms with van der Waals surface area (Å²) in [6.45, 7) is 7.76. The molecule has 0 saturated carbocycles. The molecule has 0 aliphatic rings. The summed E-state index contributed by atoms with van der Waals surface area (Å²) in [4.78, 5) is 43.8. The van der Waals surface area contributed by atoms with Gasteiger partial charge in [0.2, 0.25) is 0 Å².